The number of sulfonamides is 1. The summed E-state index contributed by atoms with van der Waals surface area (Å²) in [7, 11) is -4.29. The van der Waals surface area contributed by atoms with Gasteiger partial charge in [0.2, 0.25) is 10.0 Å². The third kappa shape index (κ3) is 3.49. The lowest BCUT2D eigenvalue weighted by atomic mass is 10.2. The Morgan fingerprint density at radius 3 is 2.04 bits per heavy atom. The van der Waals surface area contributed by atoms with Gasteiger partial charge >= 0.3 is 18.1 Å². The molecule has 1 amide bonds. The Bertz CT molecular complexity index is 806. The number of hydrogen-bond acceptors (Lipinski definition) is 5. The highest BCUT2D eigenvalue weighted by molar-refractivity contribution is 7.89. The number of amides is 1. The maximum absolute atomic E-state index is 12.7. The summed E-state index contributed by atoms with van der Waals surface area (Å²) in [5, 5.41) is 9.21. The van der Waals surface area contributed by atoms with Crippen LogP contribution in [0.2, 0.25) is 0 Å². The van der Waals surface area contributed by atoms with Gasteiger partial charge in [-0.3, -0.25) is 4.79 Å². The summed E-state index contributed by atoms with van der Waals surface area (Å²) in [5.74, 6) is -3.73. The number of rotatable bonds is 3. The number of carboxylic acids is 1. The molecule has 0 spiro atoms. The molecule has 2 heterocycles. The third-order valence-electron chi connectivity index (χ3n) is 3.79. The van der Waals surface area contributed by atoms with Gasteiger partial charge in [0.25, 0.3) is 0 Å². The lowest BCUT2D eigenvalue weighted by Gasteiger charge is -2.34. The van der Waals surface area contributed by atoms with Crippen LogP contribution < -0.4 is 0 Å². The molecule has 1 N–H and O–H groups in total. The molecular formula is C13H15F3N2O6S. The highest BCUT2D eigenvalue weighted by atomic mass is 32.2. The second-order valence-corrected chi connectivity index (χ2v) is 7.29. The van der Waals surface area contributed by atoms with E-state index in [1.165, 1.54) is 13.8 Å². The fourth-order valence-corrected chi connectivity index (χ4v) is 4.46. The van der Waals surface area contributed by atoms with Gasteiger partial charge in [-0.2, -0.15) is 17.5 Å². The molecule has 0 aromatic carbocycles. The lowest BCUT2D eigenvalue weighted by Crippen LogP contribution is -2.53. The largest absolute Gasteiger partial charge is 0.478 e. The van der Waals surface area contributed by atoms with Crippen LogP contribution in [-0.2, 0) is 14.8 Å². The van der Waals surface area contributed by atoms with Crippen LogP contribution in [0, 0.1) is 13.8 Å². The molecule has 0 saturated carbocycles. The number of alkyl halides is 3. The topological polar surface area (TPSA) is 108 Å². The number of carbonyl (C=O) groups is 2. The van der Waals surface area contributed by atoms with Crippen LogP contribution >= 0.6 is 0 Å². The molecule has 1 saturated heterocycles. The minimum Gasteiger partial charge on any atom is -0.478 e. The van der Waals surface area contributed by atoms with E-state index in [9.17, 15) is 36.3 Å². The van der Waals surface area contributed by atoms with Crippen LogP contribution in [0.3, 0.4) is 0 Å². The molecule has 1 fully saturated rings. The first-order valence-electron chi connectivity index (χ1n) is 7.07. The van der Waals surface area contributed by atoms with E-state index in [1.807, 2.05) is 0 Å². The van der Waals surface area contributed by atoms with Crippen LogP contribution in [0.5, 0.6) is 0 Å². The average molecular weight is 384 g/mol. The maximum Gasteiger partial charge on any atom is 0.471 e. The molecule has 0 unspecified atom stereocenters. The minimum atomic E-state index is -5.03. The molecule has 1 aliphatic heterocycles. The van der Waals surface area contributed by atoms with Crippen molar-refractivity contribution >= 4 is 21.9 Å². The second kappa shape index (κ2) is 6.33. The van der Waals surface area contributed by atoms with Crippen LogP contribution in [0.25, 0.3) is 0 Å². The fraction of sp³-hybridized carbons (Fsp3) is 0.538. The van der Waals surface area contributed by atoms with E-state index in [0.29, 0.717) is 4.90 Å². The van der Waals surface area contributed by atoms with E-state index < -0.39 is 51.6 Å². The van der Waals surface area contributed by atoms with Crippen LogP contribution in [0.4, 0.5) is 13.2 Å². The van der Waals surface area contributed by atoms with Crippen LogP contribution in [-0.4, -0.2) is 67.0 Å². The number of aryl methyl sites for hydroxylation is 2. The average Bonchev–Trinajstić information content (AvgIpc) is 2.81. The van der Waals surface area contributed by atoms with Crippen molar-refractivity contribution in [3.63, 3.8) is 0 Å². The van der Waals surface area contributed by atoms with Crippen molar-refractivity contribution in [3.05, 3.63) is 17.1 Å². The van der Waals surface area contributed by atoms with Crippen molar-refractivity contribution < 1.29 is 40.7 Å². The summed E-state index contributed by atoms with van der Waals surface area (Å²) >= 11 is 0. The van der Waals surface area contributed by atoms with Crippen molar-refractivity contribution in [2.24, 2.45) is 0 Å². The predicted molar refractivity (Wildman–Crippen MR) is 76.5 cm³/mol. The predicted octanol–water partition coefficient (Wildman–Crippen LogP) is 0.990. The number of aromatic carboxylic acids is 1. The monoisotopic (exact) mass is 384 g/mol. The summed E-state index contributed by atoms with van der Waals surface area (Å²) < 4.78 is 68.6. The number of hydrogen-bond donors (Lipinski definition) is 1. The Hall–Kier alpha value is -2.08. The summed E-state index contributed by atoms with van der Waals surface area (Å²) in [6.45, 7) is 0.927. The zero-order valence-electron chi connectivity index (χ0n) is 13.3. The third-order valence-corrected chi connectivity index (χ3v) is 5.84. The standard InChI is InChI=1S/C13H15F3N2O6S/c1-7-9(11(19)20)10(8(2)24-7)25(22,23)18-5-3-17(4-6-18)12(21)13(14,15)16/h3-6H2,1-2H3,(H,19,20). The molecule has 2 rings (SSSR count). The minimum absolute atomic E-state index is 0.0885. The lowest BCUT2D eigenvalue weighted by molar-refractivity contribution is -0.186. The van der Waals surface area contributed by atoms with Crippen molar-refractivity contribution in [1.82, 2.24) is 9.21 Å². The molecule has 1 aliphatic rings. The van der Waals surface area contributed by atoms with Crippen molar-refractivity contribution in [3.8, 4) is 0 Å². The van der Waals surface area contributed by atoms with E-state index in [2.05, 4.69) is 0 Å². The molecule has 0 aliphatic carbocycles. The number of nitrogens with zero attached hydrogens (tertiary/aromatic N) is 2. The van der Waals surface area contributed by atoms with Crippen molar-refractivity contribution in [2.75, 3.05) is 26.2 Å². The summed E-state index contributed by atoms with van der Waals surface area (Å²) in [4.78, 5) is 22.5. The molecule has 140 valence electrons. The maximum atomic E-state index is 12.7. The molecule has 0 bridgehead atoms. The van der Waals surface area contributed by atoms with Gasteiger partial charge < -0.3 is 14.4 Å². The Morgan fingerprint density at radius 1 is 1.08 bits per heavy atom. The van der Waals surface area contributed by atoms with E-state index >= 15 is 0 Å². The summed E-state index contributed by atoms with van der Waals surface area (Å²) in [6.07, 6.45) is -5.03. The van der Waals surface area contributed by atoms with E-state index in [0.717, 1.165) is 4.31 Å². The highest BCUT2D eigenvalue weighted by Gasteiger charge is 2.44. The SMILES string of the molecule is Cc1oc(C)c(S(=O)(=O)N2CCN(C(=O)C(F)(F)F)CC2)c1C(=O)O. The molecule has 12 heteroatoms. The molecular weight excluding hydrogens is 369 g/mol. The zero-order valence-corrected chi connectivity index (χ0v) is 14.1. The Labute approximate surface area is 140 Å². The molecule has 1 aromatic rings. The first-order valence-corrected chi connectivity index (χ1v) is 8.51. The van der Waals surface area contributed by atoms with Gasteiger partial charge in [0.15, 0.2) is 0 Å². The first kappa shape index (κ1) is 19.2. The van der Waals surface area contributed by atoms with Gasteiger partial charge in [-0.15, -0.1) is 0 Å². The Morgan fingerprint density at radius 2 is 1.60 bits per heavy atom. The van der Waals surface area contributed by atoms with Crippen LogP contribution in [0.15, 0.2) is 9.31 Å². The molecule has 1 aromatic heterocycles. The van der Waals surface area contributed by atoms with Gasteiger partial charge in [0.05, 0.1) is 0 Å². The van der Waals surface area contributed by atoms with E-state index in [-0.39, 0.29) is 24.6 Å². The number of carbonyl (C=O) groups excluding carboxylic acids is 1. The molecule has 25 heavy (non-hydrogen) atoms. The normalized spacial score (nSPS) is 16.9. The van der Waals surface area contributed by atoms with Crippen molar-refractivity contribution in [1.29, 1.82) is 0 Å². The quantitative estimate of drug-likeness (QED) is 0.833. The molecule has 8 nitrogen and oxygen atoms in total. The number of carboxylic acid groups (broad SMARTS) is 1. The van der Waals surface area contributed by atoms with E-state index in [1.54, 1.807) is 0 Å². The summed E-state index contributed by atoms with van der Waals surface area (Å²) in [5.41, 5.74) is -0.508. The number of furan rings is 1. The summed E-state index contributed by atoms with van der Waals surface area (Å²) in [6, 6.07) is 0. The Balaban J connectivity index is 2.27. The van der Waals surface area contributed by atoms with Gasteiger partial charge in [-0.1, -0.05) is 0 Å². The first-order chi connectivity index (χ1) is 11.4. The van der Waals surface area contributed by atoms with Crippen LogP contribution in [0.1, 0.15) is 21.9 Å². The van der Waals surface area contributed by atoms with Gasteiger partial charge in [0, 0.05) is 26.2 Å². The van der Waals surface area contributed by atoms with Gasteiger partial charge in [0.1, 0.15) is 22.0 Å². The second-order valence-electron chi connectivity index (χ2n) is 5.42. The van der Waals surface area contributed by atoms with Crippen molar-refractivity contribution in [2.45, 2.75) is 24.9 Å². The van der Waals surface area contributed by atoms with Gasteiger partial charge in [-0.25, -0.2) is 13.2 Å². The van der Waals surface area contributed by atoms with E-state index in [4.69, 9.17) is 4.42 Å². The Kier molecular flexibility index (Phi) is 4.88. The zero-order chi connectivity index (χ0) is 19.2. The molecule has 0 atom stereocenters. The smallest absolute Gasteiger partial charge is 0.471 e. The number of halogens is 3. The fourth-order valence-electron chi connectivity index (χ4n) is 2.66. The molecule has 0 radical (unpaired) electrons. The van der Waals surface area contributed by atoms with Gasteiger partial charge in [-0.05, 0) is 13.8 Å². The highest BCUT2D eigenvalue weighted by Crippen LogP contribution is 2.30. The number of piperazine rings is 1.